The van der Waals surface area contributed by atoms with Crippen LogP contribution in [0, 0.1) is 11.8 Å². The maximum atomic E-state index is 12.7. The summed E-state index contributed by atoms with van der Waals surface area (Å²) in [4.78, 5) is 19.9. The van der Waals surface area contributed by atoms with E-state index in [1.165, 1.54) is 19.3 Å². The van der Waals surface area contributed by atoms with Crippen molar-refractivity contribution in [1.82, 2.24) is 10.3 Å². The standard InChI is InChI=1S/C22H31N3O2S/c1-3-27-17-8-9-19-20(14-17)28-22(24-19)25-12-10-16(11-13-25)21(26)23-18-7-5-4-6-15(18)2/h8-9,14-16,18H,3-7,10-13H2,1-2H3,(H,23,26)/t15-,18-/m1/s1. The molecule has 0 bridgehead atoms. The van der Waals surface area contributed by atoms with Crippen molar-refractivity contribution in [2.45, 2.75) is 58.4 Å². The minimum absolute atomic E-state index is 0.143. The molecule has 2 atom stereocenters. The number of fused-ring (bicyclic) bond motifs is 1. The number of hydrogen-bond acceptors (Lipinski definition) is 5. The van der Waals surface area contributed by atoms with Gasteiger partial charge in [0.15, 0.2) is 5.13 Å². The van der Waals surface area contributed by atoms with Crippen LogP contribution in [-0.2, 0) is 4.79 Å². The average molecular weight is 402 g/mol. The second-order valence-electron chi connectivity index (χ2n) is 8.20. The highest BCUT2D eigenvalue weighted by atomic mass is 32.1. The van der Waals surface area contributed by atoms with Crippen LogP contribution in [0.2, 0.25) is 0 Å². The number of thiazole rings is 1. The summed E-state index contributed by atoms with van der Waals surface area (Å²) in [7, 11) is 0. The maximum Gasteiger partial charge on any atom is 0.223 e. The summed E-state index contributed by atoms with van der Waals surface area (Å²) in [5.74, 6) is 1.92. The minimum atomic E-state index is 0.143. The Morgan fingerprint density at radius 1 is 1.25 bits per heavy atom. The summed E-state index contributed by atoms with van der Waals surface area (Å²) >= 11 is 1.72. The number of rotatable bonds is 5. The van der Waals surface area contributed by atoms with Crippen LogP contribution in [0.4, 0.5) is 5.13 Å². The Bertz CT molecular complexity index is 813. The number of carbonyl (C=O) groups is 1. The lowest BCUT2D eigenvalue weighted by molar-refractivity contribution is -0.126. The second kappa shape index (κ2) is 8.68. The Kier molecular flexibility index (Phi) is 6.04. The normalized spacial score (nSPS) is 23.7. The van der Waals surface area contributed by atoms with Gasteiger partial charge in [-0.15, -0.1) is 0 Å². The van der Waals surface area contributed by atoms with E-state index in [0.717, 1.165) is 53.4 Å². The molecule has 152 valence electrons. The molecule has 1 N–H and O–H groups in total. The monoisotopic (exact) mass is 401 g/mol. The lowest BCUT2D eigenvalue weighted by atomic mass is 9.85. The van der Waals surface area contributed by atoms with Gasteiger partial charge in [-0.2, -0.15) is 0 Å². The van der Waals surface area contributed by atoms with Crippen molar-refractivity contribution in [1.29, 1.82) is 0 Å². The van der Waals surface area contributed by atoms with Crippen LogP contribution in [0.5, 0.6) is 5.75 Å². The van der Waals surface area contributed by atoms with Crippen LogP contribution < -0.4 is 15.0 Å². The van der Waals surface area contributed by atoms with E-state index < -0.39 is 0 Å². The van der Waals surface area contributed by atoms with Gasteiger partial charge in [0.2, 0.25) is 5.91 Å². The first-order valence-electron chi connectivity index (χ1n) is 10.7. The molecule has 1 aliphatic carbocycles. The fraction of sp³-hybridized carbons (Fsp3) is 0.636. The van der Waals surface area contributed by atoms with Crippen molar-refractivity contribution in [3.05, 3.63) is 18.2 Å². The van der Waals surface area contributed by atoms with E-state index in [1.54, 1.807) is 11.3 Å². The first-order chi connectivity index (χ1) is 13.6. The molecule has 1 amide bonds. The first-order valence-corrected chi connectivity index (χ1v) is 11.5. The highest BCUT2D eigenvalue weighted by molar-refractivity contribution is 7.22. The molecule has 2 heterocycles. The van der Waals surface area contributed by atoms with Crippen LogP contribution in [0.15, 0.2) is 18.2 Å². The van der Waals surface area contributed by atoms with E-state index in [4.69, 9.17) is 9.72 Å². The molecule has 1 saturated heterocycles. The number of piperidine rings is 1. The van der Waals surface area contributed by atoms with Crippen molar-refractivity contribution in [2.24, 2.45) is 11.8 Å². The molecule has 2 fully saturated rings. The molecule has 2 aromatic rings. The fourth-order valence-electron chi connectivity index (χ4n) is 4.45. The minimum Gasteiger partial charge on any atom is -0.494 e. The zero-order valence-electron chi connectivity index (χ0n) is 16.9. The first kappa shape index (κ1) is 19.5. The molecule has 2 aliphatic rings. The van der Waals surface area contributed by atoms with Gasteiger partial charge >= 0.3 is 0 Å². The van der Waals surface area contributed by atoms with Crippen LogP contribution in [0.3, 0.4) is 0 Å². The number of benzene rings is 1. The summed E-state index contributed by atoms with van der Waals surface area (Å²) in [6.45, 7) is 6.74. The molecule has 1 saturated carbocycles. The lowest BCUT2D eigenvalue weighted by Gasteiger charge is -2.34. The van der Waals surface area contributed by atoms with Crippen molar-refractivity contribution in [3.63, 3.8) is 0 Å². The van der Waals surface area contributed by atoms with E-state index in [-0.39, 0.29) is 11.8 Å². The van der Waals surface area contributed by atoms with Gasteiger partial charge in [-0.1, -0.05) is 31.1 Å². The van der Waals surface area contributed by atoms with Gasteiger partial charge in [-0.25, -0.2) is 4.98 Å². The van der Waals surface area contributed by atoms with Crippen LogP contribution in [0.1, 0.15) is 52.4 Å². The van der Waals surface area contributed by atoms with Crippen molar-refractivity contribution in [2.75, 3.05) is 24.6 Å². The van der Waals surface area contributed by atoms with E-state index >= 15 is 0 Å². The third-order valence-electron chi connectivity index (χ3n) is 6.24. The number of carbonyl (C=O) groups excluding carboxylic acids is 1. The molecule has 0 spiro atoms. The molecule has 6 heteroatoms. The van der Waals surface area contributed by atoms with E-state index in [2.05, 4.69) is 23.2 Å². The molecule has 0 radical (unpaired) electrons. The highest BCUT2D eigenvalue weighted by Gasteiger charge is 2.29. The lowest BCUT2D eigenvalue weighted by Crippen LogP contribution is -2.46. The van der Waals surface area contributed by atoms with E-state index in [0.29, 0.717) is 18.6 Å². The molecular formula is C22H31N3O2S. The third kappa shape index (κ3) is 4.27. The molecule has 1 aliphatic heterocycles. The Morgan fingerprint density at radius 2 is 2.04 bits per heavy atom. The molecule has 1 aromatic heterocycles. The van der Waals surface area contributed by atoms with Gasteiger partial charge in [0.1, 0.15) is 5.75 Å². The van der Waals surface area contributed by atoms with Gasteiger partial charge < -0.3 is 15.0 Å². The maximum absolute atomic E-state index is 12.7. The summed E-state index contributed by atoms with van der Waals surface area (Å²) < 4.78 is 6.76. The third-order valence-corrected chi connectivity index (χ3v) is 7.31. The molecule has 5 nitrogen and oxygen atoms in total. The van der Waals surface area contributed by atoms with Gasteiger partial charge in [0.25, 0.3) is 0 Å². The Morgan fingerprint density at radius 3 is 2.79 bits per heavy atom. The van der Waals surface area contributed by atoms with Crippen molar-refractivity contribution < 1.29 is 9.53 Å². The van der Waals surface area contributed by atoms with Gasteiger partial charge in [-0.05, 0) is 56.7 Å². The van der Waals surface area contributed by atoms with E-state index in [1.807, 2.05) is 19.1 Å². The average Bonchev–Trinajstić information content (AvgIpc) is 3.13. The number of amides is 1. The topological polar surface area (TPSA) is 54.5 Å². The smallest absolute Gasteiger partial charge is 0.223 e. The van der Waals surface area contributed by atoms with Crippen LogP contribution in [0.25, 0.3) is 10.2 Å². The number of nitrogens with one attached hydrogen (secondary N) is 1. The quantitative estimate of drug-likeness (QED) is 0.795. The van der Waals surface area contributed by atoms with Gasteiger partial charge in [0.05, 0.1) is 16.8 Å². The number of anilines is 1. The fourth-order valence-corrected chi connectivity index (χ4v) is 5.49. The van der Waals surface area contributed by atoms with Crippen molar-refractivity contribution in [3.8, 4) is 5.75 Å². The Labute approximate surface area is 171 Å². The molecular weight excluding hydrogens is 370 g/mol. The zero-order valence-corrected chi connectivity index (χ0v) is 17.8. The molecule has 4 rings (SSSR count). The van der Waals surface area contributed by atoms with Gasteiger partial charge in [0, 0.05) is 25.0 Å². The Hall–Kier alpha value is -1.82. The summed E-state index contributed by atoms with van der Waals surface area (Å²) in [6.07, 6.45) is 6.75. The summed E-state index contributed by atoms with van der Waals surface area (Å²) in [6, 6.07) is 6.47. The Balaban J connectivity index is 1.34. The number of aromatic nitrogens is 1. The largest absolute Gasteiger partial charge is 0.494 e. The number of hydrogen-bond donors (Lipinski definition) is 1. The predicted molar refractivity (Wildman–Crippen MR) is 115 cm³/mol. The molecule has 1 aromatic carbocycles. The highest BCUT2D eigenvalue weighted by Crippen LogP contribution is 2.33. The predicted octanol–water partition coefficient (Wildman–Crippen LogP) is 4.61. The SMILES string of the molecule is CCOc1ccc2nc(N3CCC(C(=O)N[C@@H]4CCCC[C@H]4C)CC3)sc2c1. The number of nitrogens with zero attached hydrogens (tertiary/aromatic N) is 2. The second-order valence-corrected chi connectivity index (χ2v) is 9.21. The van der Waals surface area contributed by atoms with Crippen LogP contribution in [-0.4, -0.2) is 36.6 Å². The van der Waals surface area contributed by atoms with E-state index in [9.17, 15) is 4.79 Å². The summed E-state index contributed by atoms with van der Waals surface area (Å²) in [5, 5.41) is 4.41. The van der Waals surface area contributed by atoms with Crippen LogP contribution >= 0.6 is 11.3 Å². The van der Waals surface area contributed by atoms with Crippen molar-refractivity contribution >= 4 is 32.6 Å². The molecule has 0 unspecified atom stereocenters. The number of ether oxygens (including phenoxy) is 1. The molecule has 28 heavy (non-hydrogen) atoms. The van der Waals surface area contributed by atoms with Gasteiger partial charge in [-0.3, -0.25) is 4.79 Å². The zero-order chi connectivity index (χ0) is 19.5. The summed E-state index contributed by atoms with van der Waals surface area (Å²) in [5.41, 5.74) is 1.02.